The van der Waals surface area contributed by atoms with E-state index in [1.165, 1.54) is 0 Å². The fourth-order valence-electron chi connectivity index (χ4n) is 3.89. The van der Waals surface area contributed by atoms with Crippen LogP contribution in [0.2, 0.25) is 0 Å². The van der Waals surface area contributed by atoms with Crippen molar-refractivity contribution in [1.82, 2.24) is 10.2 Å². The van der Waals surface area contributed by atoms with Crippen molar-refractivity contribution in [2.45, 2.75) is 56.2 Å². The van der Waals surface area contributed by atoms with Gasteiger partial charge in [-0.05, 0) is 63.6 Å². The molecule has 1 heterocycles. The van der Waals surface area contributed by atoms with E-state index in [1.807, 2.05) is 54.8 Å². The molecule has 0 saturated carbocycles. The van der Waals surface area contributed by atoms with Crippen LogP contribution in [-0.2, 0) is 14.3 Å². The smallest absolute Gasteiger partial charge is 0.329 e. The van der Waals surface area contributed by atoms with E-state index in [9.17, 15) is 14.4 Å². The molecule has 1 aliphatic rings. The molecule has 3 amide bonds. The number of esters is 1. The molecule has 0 bridgehead atoms. The molecule has 1 fully saturated rings. The summed E-state index contributed by atoms with van der Waals surface area (Å²) >= 11 is 1.57. The highest BCUT2D eigenvalue weighted by Crippen LogP contribution is 2.37. The molecule has 0 aliphatic carbocycles. The zero-order chi connectivity index (χ0) is 24.0. The van der Waals surface area contributed by atoms with Crippen molar-refractivity contribution in [3.05, 3.63) is 60.2 Å². The zero-order valence-corrected chi connectivity index (χ0v) is 20.3. The number of hydrogen-bond donors (Lipinski definition) is 2. The molecule has 0 spiro atoms. The summed E-state index contributed by atoms with van der Waals surface area (Å²) in [7, 11) is 0. The maximum atomic E-state index is 13.2. The van der Waals surface area contributed by atoms with Crippen molar-refractivity contribution in [3.63, 3.8) is 0 Å². The molecule has 1 saturated heterocycles. The molecule has 2 aromatic carbocycles. The average molecular weight is 470 g/mol. The number of ether oxygens (including phenoxy) is 1. The van der Waals surface area contributed by atoms with Crippen molar-refractivity contribution < 1.29 is 19.1 Å². The summed E-state index contributed by atoms with van der Waals surface area (Å²) in [6, 6.07) is 15.6. The number of thioether (sulfide) groups is 1. The van der Waals surface area contributed by atoms with Gasteiger partial charge in [-0.3, -0.25) is 4.79 Å². The summed E-state index contributed by atoms with van der Waals surface area (Å²) in [5.41, 5.74) is 0.942. The largest absolute Gasteiger partial charge is 0.458 e. The van der Waals surface area contributed by atoms with E-state index in [4.69, 9.17) is 4.74 Å². The second kappa shape index (κ2) is 10.7. The van der Waals surface area contributed by atoms with Crippen molar-refractivity contribution in [1.29, 1.82) is 0 Å². The molecule has 2 unspecified atom stereocenters. The second-order valence-electron chi connectivity index (χ2n) is 8.89. The first-order chi connectivity index (χ1) is 15.7. The minimum absolute atomic E-state index is 0.226. The van der Waals surface area contributed by atoms with Gasteiger partial charge in [0.05, 0.1) is 12.6 Å². The number of urea groups is 1. The van der Waals surface area contributed by atoms with Gasteiger partial charge in [-0.2, -0.15) is 0 Å². The number of nitrogens with one attached hydrogen (secondary N) is 2. The maximum absolute atomic E-state index is 13.2. The standard InChI is InChI=1S/C25H31N3O4S/c1-25(2,3)32-23(30)21-14-13-20(17-9-6-5-7-10-17)28(21)22(29)16-26-24(31)27-18-11-8-12-19(15-18)33-4/h5-12,15,20-21H,13-14,16H2,1-4H3,(H2,26,27,31). The predicted octanol–water partition coefficient (Wildman–Crippen LogP) is 4.60. The summed E-state index contributed by atoms with van der Waals surface area (Å²) in [6.45, 7) is 5.19. The molecule has 0 aromatic heterocycles. The first kappa shape index (κ1) is 24.6. The second-order valence-corrected chi connectivity index (χ2v) is 9.77. The molecular formula is C25H31N3O4S. The highest BCUT2D eigenvalue weighted by atomic mass is 32.2. The van der Waals surface area contributed by atoms with Gasteiger partial charge in [-0.25, -0.2) is 9.59 Å². The van der Waals surface area contributed by atoms with Crippen molar-refractivity contribution in [3.8, 4) is 0 Å². The molecule has 2 aromatic rings. The Morgan fingerprint density at radius 2 is 1.79 bits per heavy atom. The number of amides is 3. The fraction of sp³-hybridized carbons (Fsp3) is 0.400. The maximum Gasteiger partial charge on any atom is 0.329 e. The van der Waals surface area contributed by atoms with E-state index in [0.717, 1.165) is 10.5 Å². The summed E-state index contributed by atoms with van der Waals surface area (Å²) in [5.74, 6) is -0.752. The van der Waals surface area contributed by atoms with Crippen LogP contribution in [0.4, 0.5) is 10.5 Å². The molecule has 176 valence electrons. The molecule has 33 heavy (non-hydrogen) atoms. The molecule has 3 rings (SSSR count). The molecule has 7 nitrogen and oxygen atoms in total. The third-order valence-corrected chi connectivity index (χ3v) is 5.99. The van der Waals surface area contributed by atoms with E-state index in [2.05, 4.69) is 10.6 Å². The third-order valence-electron chi connectivity index (χ3n) is 5.26. The number of benzene rings is 2. The number of nitrogens with zero attached hydrogens (tertiary/aromatic N) is 1. The van der Waals surface area contributed by atoms with Crippen LogP contribution in [0.3, 0.4) is 0 Å². The lowest BCUT2D eigenvalue weighted by Gasteiger charge is -2.31. The Labute approximate surface area is 199 Å². The first-order valence-corrected chi connectivity index (χ1v) is 12.2. The van der Waals surface area contributed by atoms with Crippen molar-refractivity contribution in [2.24, 2.45) is 0 Å². The number of rotatable bonds is 6. The van der Waals surface area contributed by atoms with Gasteiger partial charge in [-0.15, -0.1) is 11.8 Å². The summed E-state index contributed by atoms with van der Waals surface area (Å²) in [6.07, 6.45) is 3.11. The lowest BCUT2D eigenvalue weighted by atomic mass is 10.0. The number of carbonyl (C=O) groups is 3. The molecular weight excluding hydrogens is 438 g/mol. The quantitative estimate of drug-likeness (QED) is 0.477. The van der Waals surface area contributed by atoms with Crippen LogP contribution in [0, 0.1) is 0 Å². The van der Waals surface area contributed by atoms with Gasteiger partial charge >= 0.3 is 12.0 Å². The normalized spacial score (nSPS) is 18.0. The number of hydrogen-bond acceptors (Lipinski definition) is 5. The lowest BCUT2D eigenvalue weighted by molar-refractivity contribution is -0.164. The van der Waals surface area contributed by atoms with Gasteiger partial charge in [0.1, 0.15) is 11.6 Å². The van der Waals surface area contributed by atoms with Gasteiger partial charge in [0, 0.05) is 10.6 Å². The van der Waals surface area contributed by atoms with Gasteiger partial charge in [-0.1, -0.05) is 36.4 Å². The summed E-state index contributed by atoms with van der Waals surface area (Å²) in [4.78, 5) is 41.1. The van der Waals surface area contributed by atoms with Crippen LogP contribution >= 0.6 is 11.8 Å². The Morgan fingerprint density at radius 1 is 1.06 bits per heavy atom. The summed E-state index contributed by atoms with van der Waals surface area (Å²) in [5, 5.41) is 5.37. The Hall–Kier alpha value is -3.00. The summed E-state index contributed by atoms with van der Waals surface area (Å²) < 4.78 is 5.58. The molecule has 2 N–H and O–H groups in total. The van der Waals surface area contributed by atoms with Crippen LogP contribution in [0.25, 0.3) is 0 Å². The van der Waals surface area contributed by atoms with Crippen LogP contribution < -0.4 is 10.6 Å². The topological polar surface area (TPSA) is 87.7 Å². The molecule has 8 heteroatoms. The number of likely N-dealkylation sites (tertiary alicyclic amines) is 1. The van der Waals surface area contributed by atoms with Crippen LogP contribution in [0.5, 0.6) is 0 Å². The van der Waals surface area contributed by atoms with Crippen LogP contribution in [-0.4, -0.2) is 47.3 Å². The van der Waals surface area contributed by atoms with Crippen molar-refractivity contribution >= 4 is 35.4 Å². The van der Waals surface area contributed by atoms with E-state index in [-0.39, 0.29) is 18.5 Å². The molecule has 2 atom stereocenters. The van der Waals surface area contributed by atoms with E-state index >= 15 is 0 Å². The monoisotopic (exact) mass is 469 g/mol. The highest BCUT2D eigenvalue weighted by molar-refractivity contribution is 7.98. The Bertz CT molecular complexity index is 991. The van der Waals surface area contributed by atoms with E-state index in [0.29, 0.717) is 18.5 Å². The molecule has 0 radical (unpaired) electrons. The van der Waals surface area contributed by atoms with E-state index < -0.39 is 23.6 Å². The van der Waals surface area contributed by atoms with Gasteiger partial charge in [0.15, 0.2) is 0 Å². The number of carbonyl (C=O) groups excluding carboxylic acids is 3. The Balaban J connectivity index is 1.70. The average Bonchev–Trinajstić information content (AvgIpc) is 3.22. The molecule has 1 aliphatic heterocycles. The third kappa shape index (κ3) is 6.74. The Kier molecular flexibility index (Phi) is 8.02. The van der Waals surface area contributed by atoms with Gasteiger partial charge < -0.3 is 20.3 Å². The zero-order valence-electron chi connectivity index (χ0n) is 19.5. The number of anilines is 1. The van der Waals surface area contributed by atoms with Crippen molar-refractivity contribution in [2.75, 3.05) is 18.1 Å². The Morgan fingerprint density at radius 3 is 2.45 bits per heavy atom. The first-order valence-electron chi connectivity index (χ1n) is 11.0. The SMILES string of the molecule is CSc1cccc(NC(=O)NCC(=O)N2C(C(=O)OC(C)(C)C)CCC2c2ccccc2)c1. The van der Waals surface area contributed by atoms with Gasteiger partial charge in [0.2, 0.25) is 5.91 Å². The van der Waals surface area contributed by atoms with Crippen LogP contribution in [0.1, 0.15) is 45.2 Å². The minimum atomic E-state index is -0.690. The lowest BCUT2D eigenvalue weighted by Crippen LogP contribution is -2.48. The fourth-order valence-corrected chi connectivity index (χ4v) is 4.35. The van der Waals surface area contributed by atoms with Gasteiger partial charge in [0.25, 0.3) is 0 Å². The van der Waals surface area contributed by atoms with E-state index in [1.54, 1.807) is 43.5 Å². The minimum Gasteiger partial charge on any atom is -0.458 e. The highest BCUT2D eigenvalue weighted by Gasteiger charge is 2.43. The predicted molar refractivity (Wildman–Crippen MR) is 130 cm³/mol. The van der Waals surface area contributed by atoms with Crippen LogP contribution in [0.15, 0.2) is 59.5 Å².